The van der Waals surface area contributed by atoms with Gasteiger partial charge >= 0.3 is 5.97 Å². The Morgan fingerprint density at radius 1 is 1.59 bits per heavy atom. The largest absolute Gasteiger partial charge is 0.462 e. The summed E-state index contributed by atoms with van der Waals surface area (Å²) in [5, 5.41) is 8.68. The molecule has 0 rings (SSSR count). The average molecular weight is 235 g/mol. The van der Waals surface area contributed by atoms with E-state index in [0.29, 0.717) is 6.61 Å². The molecule has 0 fully saturated rings. The Hall–Kier alpha value is -1.56. The maximum atomic E-state index is 11.0. The van der Waals surface area contributed by atoms with E-state index in [2.05, 4.69) is 19.2 Å². The van der Waals surface area contributed by atoms with Crippen molar-refractivity contribution in [2.45, 2.75) is 33.1 Å². The third-order valence-electron chi connectivity index (χ3n) is 2.81. The molecule has 0 aromatic carbocycles. The van der Waals surface area contributed by atoms with E-state index in [1.165, 1.54) is 0 Å². The molecule has 94 valence electrons. The molecule has 0 N–H and O–H groups in total. The van der Waals surface area contributed by atoms with Crippen molar-refractivity contribution in [2.24, 2.45) is 11.3 Å². The van der Waals surface area contributed by atoms with Gasteiger partial charge in [-0.05, 0) is 19.8 Å². The first-order valence-corrected chi connectivity index (χ1v) is 5.80. The number of nitriles is 1. The van der Waals surface area contributed by atoms with Gasteiger partial charge in [0, 0.05) is 17.4 Å². The van der Waals surface area contributed by atoms with Crippen LogP contribution in [0.1, 0.15) is 33.1 Å². The van der Waals surface area contributed by atoms with Crippen LogP contribution in [0.2, 0.25) is 0 Å². The van der Waals surface area contributed by atoms with Crippen LogP contribution in [0, 0.1) is 22.7 Å². The topological polar surface area (TPSA) is 50.1 Å². The second-order valence-corrected chi connectivity index (χ2v) is 4.59. The molecule has 0 aliphatic heterocycles. The molecule has 0 saturated heterocycles. The molecule has 2 atom stereocenters. The summed E-state index contributed by atoms with van der Waals surface area (Å²) >= 11 is 0. The normalized spacial score (nSPS) is 15.1. The first-order valence-electron chi connectivity index (χ1n) is 5.80. The zero-order valence-corrected chi connectivity index (χ0v) is 10.7. The summed E-state index contributed by atoms with van der Waals surface area (Å²) in [6.45, 7) is 11.3. The van der Waals surface area contributed by atoms with Crippen molar-refractivity contribution in [2.75, 3.05) is 6.61 Å². The zero-order valence-electron chi connectivity index (χ0n) is 10.7. The summed E-state index contributed by atoms with van der Waals surface area (Å²) in [6.07, 6.45) is 5.59. The first-order chi connectivity index (χ1) is 7.97. The minimum atomic E-state index is -0.413. The fourth-order valence-corrected chi connectivity index (χ4v) is 1.40. The van der Waals surface area contributed by atoms with Crippen molar-refractivity contribution in [1.29, 1.82) is 5.26 Å². The number of esters is 1. The van der Waals surface area contributed by atoms with Crippen LogP contribution in [-0.4, -0.2) is 12.6 Å². The zero-order chi connectivity index (χ0) is 13.3. The highest BCUT2D eigenvalue weighted by atomic mass is 16.5. The van der Waals surface area contributed by atoms with Gasteiger partial charge in [-0.1, -0.05) is 26.0 Å². The van der Waals surface area contributed by atoms with Crippen molar-refractivity contribution >= 4 is 5.97 Å². The van der Waals surface area contributed by atoms with E-state index in [1.54, 1.807) is 6.08 Å². The van der Waals surface area contributed by atoms with Gasteiger partial charge in [0.15, 0.2) is 0 Å². The van der Waals surface area contributed by atoms with Crippen molar-refractivity contribution in [1.82, 2.24) is 0 Å². The molecule has 0 heterocycles. The van der Waals surface area contributed by atoms with E-state index >= 15 is 0 Å². The summed E-state index contributed by atoms with van der Waals surface area (Å²) < 4.78 is 5.04. The third-order valence-corrected chi connectivity index (χ3v) is 2.81. The fourth-order valence-electron chi connectivity index (χ4n) is 1.40. The van der Waals surface area contributed by atoms with Gasteiger partial charge in [-0.25, -0.2) is 4.79 Å². The summed E-state index contributed by atoms with van der Waals surface area (Å²) in [4.78, 5) is 11.0. The number of hydrogen-bond donors (Lipinski definition) is 0. The molecule has 0 aromatic heterocycles. The van der Waals surface area contributed by atoms with Crippen LogP contribution in [0.25, 0.3) is 0 Å². The Kier molecular flexibility index (Phi) is 6.97. The van der Waals surface area contributed by atoms with E-state index in [1.807, 2.05) is 13.8 Å². The predicted molar refractivity (Wildman–Crippen MR) is 68.1 cm³/mol. The van der Waals surface area contributed by atoms with Crippen molar-refractivity contribution in [3.63, 3.8) is 0 Å². The van der Waals surface area contributed by atoms with E-state index in [0.717, 1.165) is 25.3 Å². The molecule has 0 aliphatic rings. The molecule has 2 unspecified atom stereocenters. The lowest BCUT2D eigenvalue weighted by molar-refractivity contribution is -0.140. The van der Waals surface area contributed by atoms with Crippen LogP contribution in [0.5, 0.6) is 0 Å². The summed E-state index contributed by atoms with van der Waals surface area (Å²) in [7, 11) is 0. The second kappa shape index (κ2) is 7.67. The Balaban J connectivity index is 4.10. The Bertz CT molecular complexity index is 317. The molecule has 0 aromatic rings. The number of carbonyl (C=O) groups excluding carboxylic acids is 1. The molecule has 0 aliphatic carbocycles. The number of hydrogen-bond acceptors (Lipinski definition) is 3. The van der Waals surface area contributed by atoms with E-state index in [-0.39, 0.29) is 11.3 Å². The maximum absolute atomic E-state index is 11.0. The van der Waals surface area contributed by atoms with Crippen LogP contribution < -0.4 is 0 Å². The molecule has 0 bridgehead atoms. The van der Waals surface area contributed by atoms with E-state index in [4.69, 9.17) is 10.00 Å². The average Bonchev–Trinajstić information content (AvgIpc) is 2.35. The molecular weight excluding hydrogens is 214 g/mol. The lowest BCUT2D eigenvalue weighted by atomic mass is 9.85. The molecule has 0 spiro atoms. The predicted octanol–water partition coefficient (Wildman–Crippen LogP) is 3.24. The van der Waals surface area contributed by atoms with Crippen LogP contribution in [0.3, 0.4) is 0 Å². The molecular formula is C14H21NO2. The summed E-state index contributed by atoms with van der Waals surface area (Å²) in [6, 6.07) is 2.20. The van der Waals surface area contributed by atoms with Gasteiger partial charge in [0.1, 0.15) is 6.61 Å². The highest BCUT2D eigenvalue weighted by molar-refractivity contribution is 5.81. The number of carbonyl (C=O) groups is 1. The van der Waals surface area contributed by atoms with Crippen LogP contribution in [-0.2, 0) is 9.53 Å². The Labute approximate surface area is 104 Å². The van der Waals surface area contributed by atoms with E-state index in [9.17, 15) is 4.79 Å². The maximum Gasteiger partial charge on any atom is 0.330 e. The molecule has 3 nitrogen and oxygen atoms in total. The minimum Gasteiger partial charge on any atom is -0.462 e. The summed E-state index contributed by atoms with van der Waals surface area (Å²) in [5.41, 5.74) is -0.228. The van der Waals surface area contributed by atoms with Gasteiger partial charge in [0.2, 0.25) is 0 Å². The van der Waals surface area contributed by atoms with Gasteiger partial charge in [-0.2, -0.15) is 5.26 Å². The Morgan fingerprint density at radius 2 is 2.24 bits per heavy atom. The smallest absolute Gasteiger partial charge is 0.330 e. The quantitative estimate of drug-likeness (QED) is 0.368. The van der Waals surface area contributed by atoms with Crippen LogP contribution in [0.4, 0.5) is 0 Å². The van der Waals surface area contributed by atoms with Gasteiger partial charge in [-0.3, -0.25) is 0 Å². The lowest BCUT2D eigenvalue weighted by Gasteiger charge is -2.25. The number of nitrogens with zero attached hydrogens (tertiary/aromatic N) is 1. The van der Waals surface area contributed by atoms with Gasteiger partial charge in [0.05, 0.1) is 6.07 Å². The SMILES string of the molecule is C=CC(=O)OCC(C)(C=C)CCCC(C)C#N. The molecule has 3 heteroatoms. The monoisotopic (exact) mass is 235 g/mol. The van der Waals surface area contributed by atoms with Crippen LogP contribution in [0.15, 0.2) is 25.3 Å². The van der Waals surface area contributed by atoms with Gasteiger partial charge < -0.3 is 4.74 Å². The Morgan fingerprint density at radius 3 is 2.71 bits per heavy atom. The van der Waals surface area contributed by atoms with Crippen LogP contribution >= 0.6 is 0 Å². The van der Waals surface area contributed by atoms with Crippen molar-refractivity contribution in [3.8, 4) is 6.07 Å². The van der Waals surface area contributed by atoms with Crippen molar-refractivity contribution < 1.29 is 9.53 Å². The first kappa shape index (κ1) is 15.4. The van der Waals surface area contributed by atoms with E-state index < -0.39 is 5.97 Å². The molecule has 0 radical (unpaired) electrons. The van der Waals surface area contributed by atoms with Gasteiger partial charge in [-0.15, -0.1) is 6.58 Å². The van der Waals surface area contributed by atoms with Gasteiger partial charge in [0.25, 0.3) is 0 Å². The second-order valence-electron chi connectivity index (χ2n) is 4.59. The summed E-state index contributed by atoms with van der Waals surface area (Å²) in [5.74, 6) is -0.344. The highest BCUT2D eigenvalue weighted by Gasteiger charge is 2.22. The molecule has 0 saturated carbocycles. The third kappa shape index (κ3) is 6.57. The number of rotatable bonds is 8. The fraction of sp³-hybridized carbons (Fsp3) is 0.571. The van der Waals surface area contributed by atoms with Crippen molar-refractivity contribution in [3.05, 3.63) is 25.3 Å². The number of ether oxygens (including phenoxy) is 1. The molecule has 0 amide bonds. The standard InChI is InChI=1S/C14H21NO2/c1-5-13(16)17-11-14(4,6-2)9-7-8-12(3)10-15/h5-6,12H,1-2,7-9,11H2,3-4H3. The lowest BCUT2D eigenvalue weighted by Crippen LogP contribution is -2.22. The molecule has 17 heavy (non-hydrogen) atoms. The highest BCUT2D eigenvalue weighted by Crippen LogP contribution is 2.27. The minimum absolute atomic E-state index is 0.0693.